The number of nitriles is 1. The van der Waals surface area contributed by atoms with Gasteiger partial charge < -0.3 is 74.8 Å². The summed E-state index contributed by atoms with van der Waals surface area (Å²) in [5, 5.41) is 26.6. The number of aryl methyl sites for hydroxylation is 4. The maximum Gasteiger partial charge on any atom is 1.00 e. The number of esters is 4. The van der Waals surface area contributed by atoms with Crippen LogP contribution in [0.4, 0.5) is 0 Å². The summed E-state index contributed by atoms with van der Waals surface area (Å²) >= 11 is 14.5. The molecule has 0 amide bonds. The minimum atomic E-state index is -0.433. The van der Waals surface area contributed by atoms with Crippen molar-refractivity contribution in [3.05, 3.63) is 102 Å². The number of phenols is 1. The number of hydrogen-bond donors (Lipinski definition) is 2. The molecular weight excluding hydrogens is 1210 g/mol. The van der Waals surface area contributed by atoms with Gasteiger partial charge in [0, 0.05) is 22.4 Å². The van der Waals surface area contributed by atoms with Gasteiger partial charge in [-0.1, -0.05) is 60.0 Å². The fraction of sp³-hybridized carbons (Fsp3) is 0.392. The Balaban J connectivity index is -0.000000888. The average molecular weight is 1270 g/mol. The third-order valence-corrected chi connectivity index (χ3v) is 10.8. The van der Waals surface area contributed by atoms with Crippen LogP contribution >= 0.6 is 60.0 Å². The molecule has 0 saturated heterocycles. The number of halogens is 3. The van der Waals surface area contributed by atoms with Crippen LogP contribution in [0.15, 0.2) is 72.8 Å². The van der Waals surface area contributed by atoms with Crippen LogP contribution < -0.4 is 68.4 Å². The van der Waals surface area contributed by atoms with E-state index in [1.165, 1.54) is 34.5 Å². The largest absolute Gasteiger partial charge is 1.00 e. The number of hydrogen-bond acceptors (Lipinski definition) is 19. The third-order valence-electron chi connectivity index (χ3n) is 8.41. The van der Waals surface area contributed by atoms with Gasteiger partial charge in [0.25, 0.3) is 0 Å². The summed E-state index contributed by atoms with van der Waals surface area (Å²) in [5.41, 5.74) is 8.80. The fourth-order valence-electron chi connectivity index (χ4n) is 4.84. The second-order valence-corrected chi connectivity index (χ2v) is 16.8. The van der Waals surface area contributed by atoms with Crippen molar-refractivity contribution in [3.63, 3.8) is 0 Å². The summed E-state index contributed by atoms with van der Waals surface area (Å²) in [6.45, 7) is 13.1. The van der Waals surface area contributed by atoms with E-state index >= 15 is 0 Å². The Bertz CT molecular complexity index is 2360. The van der Waals surface area contributed by atoms with Gasteiger partial charge in [0.15, 0.2) is 26.4 Å². The summed E-state index contributed by atoms with van der Waals surface area (Å²) in [7, 11) is 5.26. The number of benzene rings is 4. The average Bonchev–Trinajstić information content (AvgIpc) is 3.40. The number of nitrogens with two attached hydrogens (primary N) is 1. The molecule has 406 valence electrons. The van der Waals surface area contributed by atoms with E-state index < -0.39 is 23.9 Å². The molecule has 75 heavy (non-hydrogen) atoms. The monoisotopic (exact) mass is 1270 g/mol. The van der Waals surface area contributed by atoms with Crippen molar-refractivity contribution in [3.8, 4) is 52.1 Å². The van der Waals surface area contributed by atoms with Crippen molar-refractivity contribution < 1.29 is 106 Å². The number of carbonyl (C=O) groups excluding carboxylic acids is 4. The standard InChI is InChI=1S/C13H17NO4S.C13H15NO4.C12H15BrO4.C10H12O4.C2H4Br2.CN.Na/c1-9-7-10(17-6-5-12(14)19)3-4-11(9)18-8-13(15)16-2;1-10-8-11(17-7-3-6-14)4-5-12(10)18-9-13(15)16-2;1-9-7-10(16-6-5-13)3-4-11(9)17-8-12(14)15-2;1-7-5-8(11)3-4-9(7)14-6-10(12)13-2;3-1-2-4;1-2;/h3-4,7H,5-6,8H2,1-2H3,(H2,14,19);4-5,8H,3,7,9H2,1-2H3;3-4,7H,5-6,8H2,1-2H3;3-5,11H,6H2,1-2H3;1-2H2;;/q;;;;;-1;+1. The molecule has 0 bridgehead atoms. The number of alkyl halides is 3. The number of aromatic hydroxyl groups is 1. The van der Waals surface area contributed by atoms with E-state index in [1.54, 1.807) is 55.5 Å². The number of ether oxygens (including phenoxy) is 11. The summed E-state index contributed by atoms with van der Waals surface area (Å²) in [6.07, 6.45) is 0.884. The molecule has 0 fully saturated rings. The van der Waals surface area contributed by atoms with Crippen molar-refractivity contribution in [2.75, 3.05) is 90.7 Å². The molecule has 19 nitrogen and oxygen atoms in total. The predicted molar refractivity (Wildman–Crippen MR) is 291 cm³/mol. The molecule has 0 atom stereocenters. The molecular formula is C51H63Br3N3NaO16S. The molecule has 4 aromatic carbocycles. The number of thiocarbonyl (C=S) groups is 1. The first kappa shape index (κ1) is 73.7. The van der Waals surface area contributed by atoms with E-state index in [2.05, 4.69) is 66.7 Å². The van der Waals surface area contributed by atoms with Gasteiger partial charge in [-0.15, -0.1) is 0 Å². The molecule has 0 aromatic heterocycles. The van der Waals surface area contributed by atoms with Crippen LogP contribution in [-0.4, -0.2) is 125 Å². The van der Waals surface area contributed by atoms with E-state index in [-0.39, 0.29) is 61.7 Å². The zero-order valence-corrected chi connectivity index (χ0v) is 51.1. The maximum absolute atomic E-state index is 11.0. The molecule has 4 rings (SSSR count). The van der Waals surface area contributed by atoms with Gasteiger partial charge in [-0.3, -0.25) is 0 Å². The first-order valence-corrected chi connectivity index (χ1v) is 25.5. The van der Waals surface area contributed by atoms with Gasteiger partial charge in [0.2, 0.25) is 0 Å². The van der Waals surface area contributed by atoms with E-state index in [0.717, 1.165) is 44.0 Å². The molecule has 0 aliphatic heterocycles. The van der Waals surface area contributed by atoms with Crippen LogP contribution in [0.1, 0.15) is 35.1 Å². The smallest absolute Gasteiger partial charge is 0.512 e. The Morgan fingerprint density at radius 3 is 1.11 bits per heavy atom. The number of carbonyl (C=O) groups is 4. The number of phenolic OH excluding ortho intramolecular Hbond substituents is 1. The van der Waals surface area contributed by atoms with Gasteiger partial charge in [0.05, 0.1) is 59.1 Å². The molecule has 0 unspecified atom stereocenters. The second-order valence-electron chi connectivity index (χ2n) is 13.9. The minimum absolute atomic E-state index is 0. The Hall–Kier alpha value is -5.53. The SMILES string of the molecule is BrCCBr.COC(=O)COc1ccc(O)cc1C.COC(=O)COc1ccc(OCCBr)cc1C.COC(=O)COc1ccc(OCCC#N)cc1C.COC(=O)COc1ccc(OCCC(N)=S)cc1C.[C-]#N.[Na+]. The van der Waals surface area contributed by atoms with Crippen LogP contribution in [-0.2, 0) is 38.1 Å². The molecule has 4 aromatic rings. The van der Waals surface area contributed by atoms with Crippen molar-refractivity contribution in [1.29, 1.82) is 10.5 Å². The summed E-state index contributed by atoms with van der Waals surface area (Å²) in [4.78, 5) is 44.0. The van der Waals surface area contributed by atoms with Crippen LogP contribution in [0.5, 0.6) is 46.0 Å². The fourth-order valence-corrected chi connectivity index (χ4v) is 5.08. The topological polar surface area (TPSA) is 264 Å². The van der Waals surface area contributed by atoms with Crippen molar-refractivity contribution in [1.82, 2.24) is 0 Å². The number of nitrogens with zero attached hydrogens (tertiary/aromatic N) is 2. The van der Waals surface area contributed by atoms with E-state index in [4.69, 9.17) is 73.3 Å². The molecule has 0 heterocycles. The normalized spacial score (nSPS) is 9.17. The molecule has 0 saturated carbocycles. The Kier molecular flexibility index (Phi) is 46.2. The third kappa shape index (κ3) is 37.0. The molecule has 0 aliphatic rings. The van der Waals surface area contributed by atoms with Gasteiger partial charge in [0.1, 0.15) is 52.6 Å². The van der Waals surface area contributed by atoms with Crippen molar-refractivity contribution >= 4 is 88.9 Å². The Labute approximate surface area is 492 Å². The molecule has 3 N–H and O–H groups in total. The molecule has 0 radical (unpaired) electrons. The van der Waals surface area contributed by atoms with Crippen LogP contribution in [0.2, 0.25) is 0 Å². The first-order valence-electron chi connectivity index (χ1n) is 21.8. The van der Waals surface area contributed by atoms with E-state index in [0.29, 0.717) is 72.1 Å². The van der Waals surface area contributed by atoms with E-state index in [9.17, 15) is 19.2 Å². The van der Waals surface area contributed by atoms with Gasteiger partial charge in [-0.25, -0.2) is 19.2 Å². The first-order chi connectivity index (χ1) is 35.4. The zero-order valence-electron chi connectivity index (χ0n) is 43.5. The number of methoxy groups -OCH3 is 4. The van der Waals surface area contributed by atoms with Gasteiger partial charge >= 0.3 is 53.4 Å². The van der Waals surface area contributed by atoms with Crippen LogP contribution in [0.25, 0.3) is 0 Å². The van der Waals surface area contributed by atoms with E-state index in [1.807, 2.05) is 45.0 Å². The van der Waals surface area contributed by atoms with Gasteiger partial charge in [-0.2, -0.15) is 5.26 Å². The quantitative estimate of drug-likeness (QED) is 0.0167. The molecule has 0 spiro atoms. The summed E-state index contributed by atoms with van der Waals surface area (Å²) in [6, 6.07) is 22.7. The van der Waals surface area contributed by atoms with Gasteiger partial charge in [-0.05, 0) is 123 Å². The molecule has 24 heteroatoms. The Morgan fingerprint density at radius 1 is 0.533 bits per heavy atom. The van der Waals surface area contributed by atoms with Crippen molar-refractivity contribution in [2.45, 2.75) is 40.5 Å². The minimum Gasteiger partial charge on any atom is -0.512 e. The van der Waals surface area contributed by atoms with Crippen LogP contribution in [0.3, 0.4) is 0 Å². The van der Waals surface area contributed by atoms with Crippen molar-refractivity contribution in [2.24, 2.45) is 5.73 Å². The predicted octanol–water partition coefficient (Wildman–Crippen LogP) is 5.89. The summed E-state index contributed by atoms with van der Waals surface area (Å²) < 4.78 is 55.3. The zero-order chi connectivity index (χ0) is 56.3. The molecule has 0 aliphatic carbocycles. The van der Waals surface area contributed by atoms with Crippen LogP contribution in [0, 0.1) is 50.9 Å². The maximum atomic E-state index is 11.0. The second kappa shape index (κ2) is 47.0. The summed E-state index contributed by atoms with van der Waals surface area (Å²) in [5.74, 6) is 3.10. The number of rotatable bonds is 23. The Morgan fingerprint density at radius 2 is 0.840 bits per heavy atom.